The van der Waals surface area contributed by atoms with Crippen LogP contribution in [0.5, 0.6) is 0 Å². The topological polar surface area (TPSA) is 35.2 Å². The highest BCUT2D eigenvalue weighted by molar-refractivity contribution is 6.31. The molecule has 1 aromatic rings. The Morgan fingerprint density at radius 3 is 2.88 bits per heavy atom. The Morgan fingerprint density at radius 2 is 2.25 bits per heavy atom. The third-order valence-corrected chi connectivity index (χ3v) is 3.23. The first-order chi connectivity index (χ1) is 7.68. The highest BCUT2D eigenvalue weighted by Crippen LogP contribution is 2.26. The SMILES string of the molecule is Cc1cc(C(N)C2=CCCCO2)ccc1Cl. The van der Waals surface area contributed by atoms with Crippen molar-refractivity contribution in [2.45, 2.75) is 25.8 Å². The Hall–Kier alpha value is -0.990. The number of ether oxygens (including phenoxy) is 1. The van der Waals surface area contributed by atoms with Gasteiger partial charge < -0.3 is 10.5 Å². The van der Waals surface area contributed by atoms with E-state index in [-0.39, 0.29) is 6.04 Å². The molecule has 3 heteroatoms. The number of benzene rings is 1. The summed E-state index contributed by atoms with van der Waals surface area (Å²) in [6, 6.07) is 5.69. The van der Waals surface area contributed by atoms with Gasteiger partial charge >= 0.3 is 0 Å². The van der Waals surface area contributed by atoms with E-state index in [9.17, 15) is 0 Å². The fraction of sp³-hybridized carbons (Fsp3) is 0.385. The van der Waals surface area contributed by atoms with Crippen molar-refractivity contribution in [2.75, 3.05) is 6.61 Å². The van der Waals surface area contributed by atoms with Gasteiger partial charge in [0, 0.05) is 5.02 Å². The number of hydrogen-bond donors (Lipinski definition) is 1. The van der Waals surface area contributed by atoms with Gasteiger partial charge in [-0.25, -0.2) is 0 Å². The molecule has 0 aromatic heterocycles. The van der Waals surface area contributed by atoms with Gasteiger partial charge in [-0.2, -0.15) is 0 Å². The molecule has 1 heterocycles. The summed E-state index contributed by atoms with van der Waals surface area (Å²) in [6.07, 6.45) is 4.21. The summed E-state index contributed by atoms with van der Waals surface area (Å²) in [5.41, 5.74) is 8.25. The predicted octanol–water partition coefficient (Wildman–Crippen LogP) is 3.34. The monoisotopic (exact) mass is 237 g/mol. The molecule has 1 aliphatic rings. The van der Waals surface area contributed by atoms with Crippen LogP contribution in [0.4, 0.5) is 0 Å². The van der Waals surface area contributed by atoms with E-state index < -0.39 is 0 Å². The van der Waals surface area contributed by atoms with Gasteiger partial charge in [0.1, 0.15) is 5.76 Å². The summed E-state index contributed by atoms with van der Waals surface area (Å²) in [5.74, 6) is 0.882. The van der Waals surface area contributed by atoms with Crippen molar-refractivity contribution < 1.29 is 4.74 Å². The number of hydrogen-bond acceptors (Lipinski definition) is 2. The Labute approximate surface area is 101 Å². The van der Waals surface area contributed by atoms with Crippen LogP contribution in [0.3, 0.4) is 0 Å². The maximum Gasteiger partial charge on any atom is 0.113 e. The lowest BCUT2D eigenvalue weighted by Gasteiger charge is -2.21. The standard InChI is InChI=1S/C13H16ClNO/c1-9-8-10(5-6-11(9)14)13(15)12-4-2-3-7-16-12/h4-6,8,13H,2-3,7,15H2,1H3. The minimum Gasteiger partial charge on any atom is -0.496 e. The van der Waals surface area contributed by atoms with E-state index >= 15 is 0 Å². The van der Waals surface area contributed by atoms with E-state index in [0.717, 1.165) is 41.4 Å². The zero-order chi connectivity index (χ0) is 11.5. The molecule has 0 saturated heterocycles. The van der Waals surface area contributed by atoms with E-state index in [1.807, 2.05) is 25.1 Å². The predicted molar refractivity (Wildman–Crippen MR) is 66.4 cm³/mol. The minimum absolute atomic E-state index is 0.170. The molecule has 0 aliphatic carbocycles. The van der Waals surface area contributed by atoms with Crippen molar-refractivity contribution in [1.29, 1.82) is 0 Å². The van der Waals surface area contributed by atoms with Gasteiger partial charge in [-0.3, -0.25) is 0 Å². The Balaban J connectivity index is 2.22. The van der Waals surface area contributed by atoms with Gasteiger partial charge in [-0.1, -0.05) is 23.7 Å². The van der Waals surface area contributed by atoms with Crippen LogP contribution >= 0.6 is 11.6 Å². The fourth-order valence-corrected chi connectivity index (χ4v) is 1.94. The molecule has 16 heavy (non-hydrogen) atoms. The molecule has 0 spiro atoms. The molecule has 1 aromatic carbocycles. The lowest BCUT2D eigenvalue weighted by molar-refractivity contribution is 0.176. The maximum atomic E-state index is 6.15. The molecule has 0 bridgehead atoms. The maximum absolute atomic E-state index is 6.15. The highest BCUT2D eigenvalue weighted by Gasteiger charge is 2.16. The third-order valence-electron chi connectivity index (χ3n) is 2.81. The number of aryl methyl sites for hydroxylation is 1. The van der Waals surface area contributed by atoms with E-state index in [2.05, 4.69) is 6.08 Å². The fourth-order valence-electron chi connectivity index (χ4n) is 1.82. The molecular formula is C13H16ClNO. The quantitative estimate of drug-likeness (QED) is 0.856. The minimum atomic E-state index is -0.170. The molecule has 0 fully saturated rings. The second-order valence-corrected chi connectivity index (χ2v) is 4.49. The van der Waals surface area contributed by atoms with Crippen LogP contribution in [-0.2, 0) is 4.74 Å². The number of rotatable bonds is 2. The molecule has 0 amide bonds. The van der Waals surface area contributed by atoms with Gasteiger partial charge in [-0.05, 0) is 43.0 Å². The normalized spacial score (nSPS) is 17.6. The molecule has 86 valence electrons. The molecule has 1 unspecified atom stereocenters. The van der Waals surface area contributed by atoms with Crippen LogP contribution in [-0.4, -0.2) is 6.61 Å². The Morgan fingerprint density at radius 1 is 1.44 bits per heavy atom. The van der Waals surface area contributed by atoms with Crippen LogP contribution in [0.1, 0.15) is 30.0 Å². The number of allylic oxidation sites excluding steroid dienone is 1. The van der Waals surface area contributed by atoms with Gasteiger partial charge in [0.15, 0.2) is 0 Å². The summed E-state index contributed by atoms with van der Waals surface area (Å²) in [5, 5.41) is 0.773. The zero-order valence-corrected chi connectivity index (χ0v) is 10.1. The molecule has 1 aliphatic heterocycles. The lowest BCUT2D eigenvalue weighted by Crippen LogP contribution is -2.18. The van der Waals surface area contributed by atoms with E-state index in [4.69, 9.17) is 22.1 Å². The van der Waals surface area contributed by atoms with Crippen molar-refractivity contribution in [2.24, 2.45) is 5.73 Å². The molecule has 2 rings (SSSR count). The summed E-state index contributed by atoms with van der Waals surface area (Å²) < 4.78 is 5.57. The Kier molecular flexibility index (Phi) is 3.52. The van der Waals surface area contributed by atoms with Crippen LogP contribution < -0.4 is 5.73 Å². The molecule has 2 N–H and O–H groups in total. The van der Waals surface area contributed by atoms with Crippen molar-refractivity contribution >= 4 is 11.6 Å². The molecule has 0 radical (unpaired) electrons. The summed E-state index contributed by atoms with van der Waals surface area (Å²) in [7, 11) is 0. The van der Waals surface area contributed by atoms with Crippen LogP contribution in [0, 0.1) is 6.92 Å². The van der Waals surface area contributed by atoms with Crippen molar-refractivity contribution in [3.05, 3.63) is 46.2 Å². The zero-order valence-electron chi connectivity index (χ0n) is 9.37. The van der Waals surface area contributed by atoms with E-state index in [1.54, 1.807) is 0 Å². The van der Waals surface area contributed by atoms with Gasteiger partial charge in [0.2, 0.25) is 0 Å². The second kappa shape index (κ2) is 4.89. The van der Waals surface area contributed by atoms with Gasteiger partial charge in [0.25, 0.3) is 0 Å². The average molecular weight is 238 g/mol. The second-order valence-electron chi connectivity index (χ2n) is 4.08. The molecule has 0 saturated carbocycles. The van der Waals surface area contributed by atoms with Crippen LogP contribution in [0.25, 0.3) is 0 Å². The first-order valence-corrected chi connectivity index (χ1v) is 5.91. The summed E-state index contributed by atoms with van der Waals surface area (Å²) in [4.78, 5) is 0. The average Bonchev–Trinajstić information content (AvgIpc) is 2.33. The first-order valence-electron chi connectivity index (χ1n) is 5.53. The van der Waals surface area contributed by atoms with Gasteiger partial charge in [0.05, 0.1) is 12.6 Å². The van der Waals surface area contributed by atoms with Gasteiger partial charge in [-0.15, -0.1) is 0 Å². The van der Waals surface area contributed by atoms with E-state index in [1.165, 1.54) is 0 Å². The first kappa shape index (κ1) is 11.5. The van der Waals surface area contributed by atoms with Crippen molar-refractivity contribution in [1.82, 2.24) is 0 Å². The molecular weight excluding hydrogens is 222 g/mol. The van der Waals surface area contributed by atoms with Crippen molar-refractivity contribution in [3.63, 3.8) is 0 Å². The largest absolute Gasteiger partial charge is 0.496 e. The van der Waals surface area contributed by atoms with Crippen LogP contribution in [0.2, 0.25) is 5.02 Å². The molecule has 1 atom stereocenters. The third kappa shape index (κ3) is 2.39. The number of nitrogens with two attached hydrogens (primary N) is 1. The van der Waals surface area contributed by atoms with Crippen molar-refractivity contribution in [3.8, 4) is 0 Å². The summed E-state index contributed by atoms with van der Waals surface area (Å²) in [6.45, 7) is 2.75. The lowest BCUT2D eigenvalue weighted by atomic mass is 10.0. The van der Waals surface area contributed by atoms with E-state index in [0.29, 0.717) is 0 Å². The van der Waals surface area contributed by atoms with Crippen LogP contribution in [0.15, 0.2) is 30.0 Å². The Bertz CT molecular complexity index is 414. The molecule has 2 nitrogen and oxygen atoms in total. The highest BCUT2D eigenvalue weighted by atomic mass is 35.5. The smallest absolute Gasteiger partial charge is 0.113 e. The number of halogens is 1. The summed E-state index contributed by atoms with van der Waals surface area (Å²) >= 11 is 5.98.